The Labute approximate surface area is 140 Å². The van der Waals surface area contributed by atoms with Gasteiger partial charge in [0.2, 0.25) is 0 Å². The molecule has 2 heterocycles. The molecule has 122 valence electrons. The van der Waals surface area contributed by atoms with E-state index in [9.17, 15) is 4.79 Å². The van der Waals surface area contributed by atoms with Crippen LogP contribution < -0.4 is 10.3 Å². The first-order valence-electron chi connectivity index (χ1n) is 8.26. The van der Waals surface area contributed by atoms with Crippen LogP contribution in [0.5, 0.6) is 0 Å². The molecule has 4 rings (SSSR count). The first-order chi connectivity index (χ1) is 11.8. The minimum atomic E-state index is -0.00617. The molecule has 1 aliphatic heterocycles. The van der Waals surface area contributed by atoms with Crippen LogP contribution in [0.15, 0.2) is 63.9 Å². The van der Waals surface area contributed by atoms with Gasteiger partial charge in [-0.15, -0.1) is 0 Å². The maximum Gasteiger partial charge on any atom is 0.200 e. The van der Waals surface area contributed by atoms with Crippen LogP contribution in [0.25, 0.3) is 16.5 Å². The van der Waals surface area contributed by atoms with Crippen molar-refractivity contribution in [3.05, 3.63) is 70.4 Å². The van der Waals surface area contributed by atoms with E-state index in [0.29, 0.717) is 30.1 Å². The van der Waals surface area contributed by atoms with Crippen LogP contribution in [0.3, 0.4) is 0 Å². The lowest BCUT2D eigenvalue weighted by Crippen LogP contribution is -2.36. The molecule has 2 aromatic rings. The van der Waals surface area contributed by atoms with Crippen molar-refractivity contribution in [2.24, 2.45) is 0 Å². The molecule has 0 atom stereocenters. The van der Waals surface area contributed by atoms with Crippen molar-refractivity contribution in [3.63, 3.8) is 0 Å². The van der Waals surface area contributed by atoms with Gasteiger partial charge in [0, 0.05) is 24.7 Å². The summed E-state index contributed by atoms with van der Waals surface area (Å²) in [5.74, 6) is 0.622. The lowest BCUT2D eigenvalue weighted by molar-refractivity contribution is 0.121. The molecule has 0 unspecified atom stereocenters. The third-order valence-electron chi connectivity index (χ3n) is 4.36. The van der Waals surface area contributed by atoms with E-state index in [1.807, 2.05) is 24.3 Å². The highest BCUT2D eigenvalue weighted by Gasteiger charge is 2.17. The summed E-state index contributed by atoms with van der Waals surface area (Å²) in [6, 6.07) is 7.33. The van der Waals surface area contributed by atoms with Gasteiger partial charge in [0.25, 0.3) is 0 Å². The van der Waals surface area contributed by atoms with E-state index in [-0.39, 0.29) is 5.43 Å². The van der Waals surface area contributed by atoms with Crippen molar-refractivity contribution in [1.82, 2.24) is 0 Å². The van der Waals surface area contributed by atoms with Crippen LogP contribution in [0.4, 0.5) is 5.88 Å². The second-order valence-corrected chi connectivity index (χ2v) is 5.92. The Balaban J connectivity index is 1.88. The van der Waals surface area contributed by atoms with Gasteiger partial charge in [-0.3, -0.25) is 4.79 Å². The summed E-state index contributed by atoms with van der Waals surface area (Å²) >= 11 is 0. The van der Waals surface area contributed by atoms with Crippen LogP contribution in [0.1, 0.15) is 12.0 Å². The van der Waals surface area contributed by atoms with Gasteiger partial charge in [0.1, 0.15) is 5.58 Å². The molecule has 0 N–H and O–H groups in total. The van der Waals surface area contributed by atoms with Gasteiger partial charge >= 0.3 is 0 Å². The Morgan fingerprint density at radius 3 is 2.83 bits per heavy atom. The van der Waals surface area contributed by atoms with E-state index >= 15 is 0 Å². The standard InChI is InChI=1S/C20H19NO3/c22-18-14-19(21-10-12-23-13-11-21)24-20-16(8-5-9-17(18)20)15-6-3-1-2-4-7-15/h1,3-9,14H,2,10-13H2. The van der Waals surface area contributed by atoms with Crippen LogP contribution in [0.2, 0.25) is 0 Å². The minimum Gasteiger partial charge on any atom is -0.440 e. The third kappa shape index (κ3) is 2.81. The van der Waals surface area contributed by atoms with E-state index < -0.39 is 0 Å². The molecule has 1 aromatic heterocycles. The first kappa shape index (κ1) is 15.0. The fourth-order valence-electron chi connectivity index (χ4n) is 3.09. The number of anilines is 1. The molecule has 1 fully saturated rings. The van der Waals surface area contributed by atoms with Crippen LogP contribution in [0, 0.1) is 0 Å². The molecule has 1 aliphatic carbocycles. The number of hydrogen-bond donors (Lipinski definition) is 0. The largest absolute Gasteiger partial charge is 0.440 e. The van der Waals surface area contributed by atoms with Crippen molar-refractivity contribution in [2.45, 2.75) is 6.42 Å². The number of ether oxygens (including phenoxy) is 1. The number of rotatable bonds is 2. The zero-order valence-electron chi connectivity index (χ0n) is 13.4. The average molecular weight is 321 g/mol. The molecule has 2 aliphatic rings. The molecule has 0 spiro atoms. The zero-order valence-corrected chi connectivity index (χ0v) is 13.4. The molecule has 0 radical (unpaired) electrons. The van der Waals surface area contributed by atoms with Gasteiger partial charge in [-0.2, -0.15) is 0 Å². The summed E-state index contributed by atoms with van der Waals surface area (Å²) < 4.78 is 11.6. The summed E-state index contributed by atoms with van der Waals surface area (Å²) in [5, 5.41) is 0.618. The Hall–Kier alpha value is -2.59. The number of fused-ring (bicyclic) bond motifs is 1. The van der Waals surface area contributed by atoms with Gasteiger partial charge in [-0.25, -0.2) is 0 Å². The smallest absolute Gasteiger partial charge is 0.200 e. The Morgan fingerprint density at radius 1 is 1.08 bits per heavy atom. The highest BCUT2D eigenvalue weighted by molar-refractivity contribution is 5.93. The van der Waals surface area contributed by atoms with Gasteiger partial charge in [-0.05, 0) is 18.1 Å². The average Bonchev–Trinajstić information content (AvgIpc) is 2.91. The fourth-order valence-corrected chi connectivity index (χ4v) is 3.09. The van der Waals surface area contributed by atoms with E-state index in [4.69, 9.17) is 9.15 Å². The van der Waals surface area contributed by atoms with Crippen LogP contribution in [-0.4, -0.2) is 26.3 Å². The molecule has 4 nitrogen and oxygen atoms in total. The summed E-state index contributed by atoms with van der Waals surface area (Å²) in [7, 11) is 0. The van der Waals surface area contributed by atoms with Crippen molar-refractivity contribution >= 4 is 22.4 Å². The maximum atomic E-state index is 12.6. The monoisotopic (exact) mass is 321 g/mol. The number of benzene rings is 1. The summed E-state index contributed by atoms with van der Waals surface area (Å²) in [5.41, 5.74) is 2.64. The lowest BCUT2D eigenvalue weighted by Gasteiger charge is -2.27. The Bertz CT molecular complexity index is 899. The topological polar surface area (TPSA) is 42.7 Å². The number of nitrogens with zero attached hydrogens (tertiary/aromatic N) is 1. The van der Waals surface area contributed by atoms with E-state index in [0.717, 1.165) is 30.6 Å². The van der Waals surface area contributed by atoms with Gasteiger partial charge in [0.05, 0.1) is 18.6 Å². The summed E-state index contributed by atoms with van der Waals surface area (Å²) in [4.78, 5) is 14.6. The normalized spacial score (nSPS) is 17.8. The van der Waals surface area contributed by atoms with Gasteiger partial charge < -0.3 is 14.1 Å². The summed E-state index contributed by atoms with van der Waals surface area (Å²) in [6.07, 6.45) is 11.3. The number of hydrogen-bond acceptors (Lipinski definition) is 4. The lowest BCUT2D eigenvalue weighted by atomic mass is 10.0. The molecular weight excluding hydrogens is 302 g/mol. The van der Waals surface area contributed by atoms with E-state index in [2.05, 4.69) is 29.2 Å². The van der Waals surface area contributed by atoms with Gasteiger partial charge in [0.15, 0.2) is 11.3 Å². The van der Waals surface area contributed by atoms with Crippen LogP contribution in [-0.2, 0) is 4.74 Å². The summed E-state index contributed by atoms with van der Waals surface area (Å²) in [6.45, 7) is 2.79. The fraction of sp³-hybridized carbons (Fsp3) is 0.250. The number of morpholine rings is 1. The minimum absolute atomic E-state index is 0.00617. The van der Waals surface area contributed by atoms with Crippen LogP contribution >= 0.6 is 0 Å². The highest BCUT2D eigenvalue weighted by Crippen LogP contribution is 2.29. The molecule has 0 amide bonds. The number of allylic oxidation sites excluding steroid dienone is 6. The Kier molecular flexibility index (Phi) is 4.05. The Morgan fingerprint density at radius 2 is 1.96 bits per heavy atom. The van der Waals surface area contributed by atoms with Crippen molar-refractivity contribution in [3.8, 4) is 0 Å². The first-order valence-corrected chi connectivity index (χ1v) is 8.26. The van der Waals surface area contributed by atoms with E-state index in [1.54, 1.807) is 6.07 Å². The second kappa shape index (κ2) is 6.49. The maximum absolute atomic E-state index is 12.6. The number of para-hydroxylation sites is 1. The van der Waals surface area contributed by atoms with E-state index in [1.165, 1.54) is 0 Å². The predicted molar refractivity (Wildman–Crippen MR) is 96.4 cm³/mol. The molecule has 4 heteroatoms. The van der Waals surface area contributed by atoms with Crippen molar-refractivity contribution in [2.75, 3.05) is 31.2 Å². The quantitative estimate of drug-likeness (QED) is 0.849. The van der Waals surface area contributed by atoms with Crippen molar-refractivity contribution in [1.29, 1.82) is 0 Å². The van der Waals surface area contributed by atoms with Crippen molar-refractivity contribution < 1.29 is 9.15 Å². The molecule has 24 heavy (non-hydrogen) atoms. The molecular formula is C20H19NO3. The SMILES string of the molecule is O=c1cc(N2CCOCC2)oc2c(C3=CC=CCC=C3)cccc12. The predicted octanol–water partition coefficient (Wildman–Crippen LogP) is 3.53. The molecule has 0 saturated carbocycles. The molecule has 1 aromatic carbocycles. The molecule has 0 bridgehead atoms. The second-order valence-electron chi connectivity index (χ2n) is 5.92. The zero-order chi connectivity index (χ0) is 16.4. The van der Waals surface area contributed by atoms with Gasteiger partial charge in [-0.1, -0.05) is 42.5 Å². The third-order valence-corrected chi connectivity index (χ3v) is 4.36. The highest BCUT2D eigenvalue weighted by atomic mass is 16.5. The molecule has 1 saturated heterocycles.